The molecule has 2 aromatic rings. The summed E-state index contributed by atoms with van der Waals surface area (Å²) in [6, 6.07) is 9.15. The summed E-state index contributed by atoms with van der Waals surface area (Å²) in [4.78, 5) is 36.2. The van der Waals surface area contributed by atoms with E-state index in [9.17, 15) is 24.8 Å². The van der Waals surface area contributed by atoms with E-state index in [-0.39, 0.29) is 17.4 Å². The van der Waals surface area contributed by atoms with Crippen LogP contribution in [0.5, 0.6) is 11.5 Å². The van der Waals surface area contributed by atoms with Gasteiger partial charge in [-0.3, -0.25) is 19.7 Å². The van der Waals surface area contributed by atoms with Crippen molar-refractivity contribution in [1.29, 1.82) is 0 Å². The summed E-state index contributed by atoms with van der Waals surface area (Å²) in [5.41, 5.74) is 0.716. The Labute approximate surface area is 160 Å². The molecule has 0 unspecified atom stereocenters. The molecule has 1 aliphatic heterocycles. The summed E-state index contributed by atoms with van der Waals surface area (Å²) in [6.07, 6.45) is 3.92. The Balaban J connectivity index is 1.85. The fourth-order valence-electron chi connectivity index (χ4n) is 3.01. The fourth-order valence-corrected chi connectivity index (χ4v) is 3.01. The van der Waals surface area contributed by atoms with Gasteiger partial charge >= 0.3 is 0 Å². The maximum absolute atomic E-state index is 12.5. The van der Waals surface area contributed by atoms with Crippen LogP contribution in [0, 0.1) is 10.1 Å². The number of nitro groups is 1. The zero-order chi connectivity index (χ0) is 20.3. The van der Waals surface area contributed by atoms with Crippen LogP contribution in [0.3, 0.4) is 0 Å². The molecule has 0 spiro atoms. The van der Waals surface area contributed by atoms with Gasteiger partial charge in [-0.2, -0.15) is 0 Å². The van der Waals surface area contributed by atoms with Crippen molar-refractivity contribution in [1.82, 2.24) is 0 Å². The lowest BCUT2D eigenvalue weighted by Crippen LogP contribution is -2.23. The van der Waals surface area contributed by atoms with Gasteiger partial charge in [0.25, 0.3) is 5.69 Å². The van der Waals surface area contributed by atoms with E-state index in [1.54, 1.807) is 29.2 Å². The second-order valence-corrected chi connectivity index (χ2v) is 6.23. The molecule has 28 heavy (non-hydrogen) atoms. The molecule has 144 valence electrons. The number of nitro benzene ring substituents is 1. The van der Waals surface area contributed by atoms with E-state index in [0.29, 0.717) is 29.8 Å². The van der Waals surface area contributed by atoms with E-state index in [4.69, 9.17) is 4.74 Å². The molecule has 8 nitrogen and oxygen atoms in total. The van der Waals surface area contributed by atoms with Crippen molar-refractivity contribution in [2.45, 2.75) is 12.8 Å². The molecule has 0 bridgehead atoms. The SMILES string of the molecule is COc1cc(/C=C/C(=O)c2cccc(N3CCCC3=O)c2)cc([N+](=O)[O-])c1[O-]. The molecular formula is C20H17N2O6-. The van der Waals surface area contributed by atoms with Gasteiger partial charge in [0.05, 0.1) is 12.0 Å². The van der Waals surface area contributed by atoms with Crippen molar-refractivity contribution in [3.05, 3.63) is 63.7 Å². The maximum Gasteiger partial charge on any atom is 0.266 e. The van der Waals surface area contributed by atoms with Crippen LogP contribution in [0.15, 0.2) is 42.5 Å². The summed E-state index contributed by atoms with van der Waals surface area (Å²) in [5.74, 6) is -1.30. The molecule has 1 fully saturated rings. The first-order valence-corrected chi connectivity index (χ1v) is 8.57. The summed E-state index contributed by atoms with van der Waals surface area (Å²) >= 11 is 0. The largest absolute Gasteiger partial charge is 0.865 e. The lowest BCUT2D eigenvalue weighted by atomic mass is 10.1. The minimum Gasteiger partial charge on any atom is -0.865 e. The number of carbonyl (C=O) groups is 2. The highest BCUT2D eigenvalue weighted by Gasteiger charge is 2.22. The van der Waals surface area contributed by atoms with Gasteiger partial charge in [0.2, 0.25) is 5.91 Å². The highest BCUT2D eigenvalue weighted by Crippen LogP contribution is 2.35. The van der Waals surface area contributed by atoms with Crippen LogP contribution in [0.2, 0.25) is 0 Å². The third-order valence-electron chi connectivity index (χ3n) is 4.42. The van der Waals surface area contributed by atoms with Gasteiger partial charge in [-0.05, 0) is 36.3 Å². The first-order valence-electron chi connectivity index (χ1n) is 8.57. The second-order valence-electron chi connectivity index (χ2n) is 6.23. The Kier molecular flexibility index (Phi) is 5.39. The maximum atomic E-state index is 12.5. The number of hydrogen-bond donors (Lipinski definition) is 0. The van der Waals surface area contributed by atoms with Gasteiger partial charge in [-0.25, -0.2) is 0 Å². The number of ketones is 1. The zero-order valence-electron chi connectivity index (χ0n) is 15.1. The van der Waals surface area contributed by atoms with Gasteiger partial charge in [-0.1, -0.05) is 18.2 Å². The number of ether oxygens (including phenoxy) is 1. The van der Waals surface area contributed by atoms with Crippen LogP contribution in [0.4, 0.5) is 11.4 Å². The molecule has 1 saturated heterocycles. The number of allylic oxidation sites excluding steroid dienone is 1. The Hall–Kier alpha value is -3.68. The van der Waals surface area contributed by atoms with E-state index in [0.717, 1.165) is 12.5 Å². The average molecular weight is 381 g/mol. The summed E-state index contributed by atoms with van der Waals surface area (Å²) in [7, 11) is 1.24. The molecule has 3 rings (SSSR count). The van der Waals surface area contributed by atoms with Crippen molar-refractivity contribution in [3.63, 3.8) is 0 Å². The quantitative estimate of drug-likeness (QED) is 0.329. The first-order chi connectivity index (χ1) is 13.4. The van der Waals surface area contributed by atoms with Crippen molar-refractivity contribution in [2.24, 2.45) is 0 Å². The van der Waals surface area contributed by atoms with E-state index >= 15 is 0 Å². The van der Waals surface area contributed by atoms with Gasteiger partial charge in [0.15, 0.2) is 5.78 Å². The molecule has 1 heterocycles. The number of carbonyl (C=O) groups excluding carboxylic acids is 2. The van der Waals surface area contributed by atoms with E-state index in [1.165, 1.54) is 25.3 Å². The molecular weight excluding hydrogens is 364 g/mol. The fraction of sp³-hybridized carbons (Fsp3) is 0.200. The van der Waals surface area contributed by atoms with Crippen molar-refractivity contribution in [2.75, 3.05) is 18.6 Å². The third kappa shape index (κ3) is 3.85. The molecule has 0 aliphatic carbocycles. The average Bonchev–Trinajstić information content (AvgIpc) is 3.12. The molecule has 0 saturated carbocycles. The number of hydrogen-bond acceptors (Lipinski definition) is 6. The molecule has 1 amide bonds. The van der Waals surface area contributed by atoms with E-state index < -0.39 is 16.4 Å². The van der Waals surface area contributed by atoms with Crippen LogP contribution in [0.1, 0.15) is 28.8 Å². The molecule has 2 aromatic carbocycles. The smallest absolute Gasteiger partial charge is 0.266 e. The number of methoxy groups -OCH3 is 1. The van der Waals surface area contributed by atoms with Crippen LogP contribution < -0.4 is 14.7 Å². The number of anilines is 1. The molecule has 0 atom stereocenters. The summed E-state index contributed by atoms with van der Waals surface area (Å²) in [5, 5.41) is 22.9. The number of nitrogens with zero attached hydrogens (tertiary/aromatic N) is 2. The van der Waals surface area contributed by atoms with Gasteiger partial charge < -0.3 is 14.7 Å². The van der Waals surface area contributed by atoms with Gasteiger partial charge in [0.1, 0.15) is 5.75 Å². The third-order valence-corrected chi connectivity index (χ3v) is 4.42. The van der Waals surface area contributed by atoms with E-state index in [1.807, 2.05) is 0 Å². The standard InChI is InChI=1S/C20H18N2O6/c1-28-18-11-13(10-16(20(18)25)22(26)27)7-8-17(23)14-4-2-5-15(12-14)21-9-3-6-19(21)24/h2,4-5,7-8,10-12,25H,3,6,9H2,1H3/p-1/b8-7+. The predicted molar refractivity (Wildman–Crippen MR) is 100 cm³/mol. The van der Waals surface area contributed by atoms with Crippen molar-refractivity contribution in [3.8, 4) is 11.5 Å². The zero-order valence-corrected chi connectivity index (χ0v) is 15.1. The Morgan fingerprint density at radius 3 is 2.71 bits per heavy atom. The number of benzene rings is 2. The van der Waals surface area contributed by atoms with Crippen molar-refractivity contribution >= 4 is 29.1 Å². The van der Waals surface area contributed by atoms with Crippen LogP contribution in [-0.4, -0.2) is 30.3 Å². The lowest BCUT2D eigenvalue weighted by Gasteiger charge is -2.16. The molecule has 0 N–H and O–H groups in total. The minimum atomic E-state index is -0.820. The van der Waals surface area contributed by atoms with Gasteiger partial charge in [-0.15, -0.1) is 0 Å². The topological polar surface area (TPSA) is 113 Å². The van der Waals surface area contributed by atoms with Crippen LogP contribution >= 0.6 is 0 Å². The number of rotatable bonds is 6. The Morgan fingerprint density at radius 2 is 2.07 bits per heavy atom. The van der Waals surface area contributed by atoms with Gasteiger partial charge in [0, 0.05) is 36.0 Å². The normalized spacial score (nSPS) is 13.9. The molecule has 0 aromatic heterocycles. The first kappa shape index (κ1) is 19.1. The van der Waals surface area contributed by atoms with Crippen molar-refractivity contribution < 1.29 is 24.4 Å². The second kappa shape index (κ2) is 7.91. The Bertz CT molecular complexity index is 983. The van der Waals surface area contributed by atoms with E-state index in [2.05, 4.69) is 0 Å². The van der Waals surface area contributed by atoms with Crippen LogP contribution in [0.25, 0.3) is 6.08 Å². The number of amides is 1. The molecule has 1 aliphatic rings. The monoisotopic (exact) mass is 381 g/mol. The summed E-state index contributed by atoms with van der Waals surface area (Å²) < 4.78 is 4.88. The highest BCUT2D eigenvalue weighted by molar-refractivity contribution is 6.08. The van der Waals surface area contributed by atoms with Crippen LogP contribution in [-0.2, 0) is 4.79 Å². The summed E-state index contributed by atoms with van der Waals surface area (Å²) in [6.45, 7) is 0.622. The predicted octanol–water partition coefficient (Wildman–Crippen LogP) is 2.70. The highest BCUT2D eigenvalue weighted by atomic mass is 16.6. The Morgan fingerprint density at radius 1 is 1.29 bits per heavy atom. The lowest BCUT2D eigenvalue weighted by molar-refractivity contribution is -0.398. The molecule has 8 heteroatoms. The minimum absolute atomic E-state index is 0.0252. The molecule has 0 radical (unpaired) electrons.